The Morgan fingerprint density at radius 1 is 0.796 bits per heavy atom. The van der Waals surface area contributed by atoms with Gasteiger partial charge in [-0.05, 0) is 53.7 Å². The molecule has 0 aliphatic rings. The second-order valence-corrected chi connectivity index (χ2v) is 12.1. The van der Waals surface area contributed by atoms with Gasteiger partial charge in [-0.15, -0.1) is 12.4 Å². The number of benzene rings is 1. The van der Waals surface area contributed by atoms with Gasteiger partial charge in [-0.25, -0.2) is 37.1 Å². The number of aliphatic hydroxyl groups excluding tert-OH is 1. The molecule has 0 spiro atoms. The number of nitrogens with two attached hydrogens (primary N) is 1. The highest BCUT2D eigenvalue weighted by molar-refractivity contribution is 6.61. The standard InChI is InChI=1S/C10H19FN2O4.C8H16FNO3.C7H4ClNO4.C5H11FN2O2.ClH/c1-10(2,3)17-9(15)13-5-7(11)6-16-8(14)12-4;1-8(2,3)13-7(12)10-4-6(9)5-11;8-7(10)13-6-3-1-5(2-4-6)9(11)12;1-8-5(9)10-3-4(6)2-7;/h7H,5-6H2,1-4H3,(H,12,14)(H,13,15);6,11H,4-5H2,1-3H3,(H,10,12);1-4H;4H,2-3,7H2,1H3,(H,8,9);1H/t7-;6-;;4-;/m11.1./s1. The van der Waals surface area contributed by atoms with E-state index in [-0.39, 0.29) is 50.1 Å². The first-order chi connectivity index (χ1) is 24.4. The van der Waals surface area contributed by atoms with Crippen LogP contribution in [0, 0.1) is 10.1 Å². The van der Waals surface area contributed by atoms with Crippen LogP contribution in [-0.4, -0.2) is 123 Å². The molecule has 19 nitrogen and oxygen atoms in total. The Morgan fingerprint density at radius 3 is 1.50 bits per heavy atom. The summed E-state index contributed by atoms with van der Waals surface area (Å²) in [4.78, 5) is 62.9. The maximum absolute atomic E-state index is 13.1. The minimum Gasteiger partial charge on any atom is -0.446 e. The molecule has 4 amide bonds. The topological polar surface area (TPSA) is 269 Å². The van der Waals surface area contributed by atoms with Crippen molar-refractivity contribution in [2.24, 2.45) is 5.73 Å². The van der Waals surface area contributed by atoms with Crippen LogP contribution in [0.2, 0.25) is 0 Å². The van der Waals surface area contributed by atoms with Crippen LogP contribution in [0.4, 0.5) is 42.8 Å². The number of rotatable bonds is 12. The predicted molar refractivity (Wildman–Crippen MR) is 192 cm³/mol. The number of nitro groups is 1. The molecule has 0 unspecified atom stereocenters. The number of aliphatic hydroxyl groups is 1. The quantitative estimate of drug-likeness (QED) is 0.0736. The molecule has 24 heteroatoms. The largest absolute Gasteiger partial charge is 0.446 e. The van der Waals surface area contributed by atoms with Gasteiger partial charge in [0, 0.05) is 44.4 Å². The number of hydrogen-bond donors (Lipinski definition) is 6. The third-order valence-corrected chi connectivity index (χ3v) is 4.71. The molecule has 7 N–H and O–H groups in total. The highest BCUT2D eigenvalue weighted by Crippen LogP contribution is 2.17. The van der Waals surface area contributed by atoms with E-state index in [1.165, 1.54) is 38.4 Å². The van der Waals surface area contributed by atoms with Crippen molar-refractivity contribution in [1.29, 1.82) is 0 Å². The van der Waals surface area contributed by atoms with E-state index in [1.807, 2.05) is 0 Å². The third-order valence-electron chi connectivity index (χ3n) is 4.63. The van der Waals surface area contributed by atoms with Crippen LogP contribution in [0.1, 0.15) is 41.5 Å². The van der Waals surface area contributed by atoms with Gasteiger partial charge in [-0.2, -0.15) is 0 Å². The number of nitro benzene ring substituents is 1. The Labute approximate surface area is 322 Å². The molecule has 0 saturated carbocycles. The smallest absolute Gasteiger partial charge is 0.409 e. The number of ether oxygens (including phenoxy) is 5. The fraction of sp³-hybridized carbons (Fsp3) is 0.633. The van der Waals surface area contributed by atoms with Crippen molar-refractivity contribution in [3.8, 4) is 5.75 Å². The number of carbonyl (C=O) groups is 5. The predicted octanol–water partition coefficient (Wildman–Crippen LogP) is 4.44. The molecule has 0 aliphatic carbocycles. The summed E-state index contributed by atoms with van der Waals surface area (Å²) in [5.74, 6) is 0.172. The second-order valence-electron chi connectivity index (χ2n) is 11.8. The minimum atomic E-state index is -1.47. The monoisotopic (exact) mass is 830 g/mol. The summed E-state index contributed by atoms with van der Waals surface area (Å²) in [7, 11) is 2.77. The van der Waals surface area contributed by atoms with Crippen LogP contribution in [-0.2, 0) is 18.9 Å². The number of hydrogen-bond acceptors (Lipinski definition) is 14. The summed E-state index contributed by atoms with van der Waals surface area (Å²) in [5, 5.41) is 27.3. The van der Waals surface area contributed by atoms with E-state index in [9.17, 15) is 47.3 Å². The normalized spacial score (nSPS) is 11.7. The summed E-state index contributed by atoms with van der Waals surface area (Å²) < 4.78 is 60.7. The molecule has 0 heterocycles. The first kappa shape index (κ1) is 56.2. The Balaban J connectivity index is -0.000000312. The average Bonchev–Trinajstić information content (AvgIpc) is 3.06. The summed E-state index contributed by atoms with van der Waals surface area (Å²) in [6.07, 6.45) is -6.92. The van der Waals surface area contributed by atoms with Gasteiger partial charge < -0.3 is 55.8 Å². The van der Waals surface area contributed by atoms with Crippen molar-refractivity contribution in [1.82, 2.24) is 21.3 Å². The Kier molecular flexibility index (Phi) is 32.1. The van der Waals surface area contributed by atoms with Gasteiger partial charge in [0.25, 0.3) is 5.69 Å². The molecular weight excluding hydrogens is 780 g/mol. The number of halogens is 5. The van der Waals surface area contributed by atoms with Crippen LogP contribution in [0.15, 0.2) is 24.3 Å². The number of non-ortho nitro benzene ring substituents is 1. The Morgan fingerprint density at radius 2 is 1.19 bits per heavy atom. The fourth-order valence-electron chi connectivity index (χ4n) is 2.41. The molecular formula is C30H51Cl2F3N6O13. The van der Waals surface area contributed by atoms with E-state index >= 15 is 0 Å². The molecule has 1 rings (SSSR count). The molecule has 0 aliphatic heterocycles. The molecule has 0 fully saturated rings. The minimum absolute atomic E-state index is 0. The Bertz CT molecular complexity index is 1250. The third kappa shape index (κ3) is 38.7. The van der Waals surface area contributed by atoms with Crippen molar-refractivity contribution in [2.45, 2.75) is 71.3 Å². The van der Waals surface area contributed by atoms with Crippen molar-refractivity contribution in [3.05, 3.63) is 34.4 Å². The van der Waals surface area contributed by atoms with Gasteiger partial charge in [0.2, 0.25) is 0 Å². The first-order valence-electron chi connectivity index (χ1n) is 15.4. The highest BCUT2D eigenvalue weighted by Gasteiger charge is 2.18. The van der Waals surface area contributed by atoms with Gasteiger partial charge in [0.05, 0.1) is 24.6 Å². The van der Waals surface area contributed by atoms with E-state index < -0.39 is 77.7 Å². The maximum atomic E-state index is 13.1. The molecule has 314 valence electrons. The SMILES string of the molecule is CC(C)(C)OC(=O)NC[C@@H](F)CO.CNC(=O)OC[C@H](F)CN.CNC(=O)OC[C@H](F)CNC(=O)OC(C)(C)C.Cl.O=C(Cl)Oc1ccc([N+](=O)[O-])cc1. The summed E-state index contributed by atoms with van der Waals surface area (Å²) >= 11 is 4.92. The number of amides is 4. The molecule has 0 aromatic heterocycles. The van der Waals surface area contributed by atoms with Crippen LogP contribution < -0.4 is 31.7 Å². The molecule has 54 heavy (non-hydrogen) atoms. The van der Waals surface area contributed by atoms with Crippen molar-refractivity contribution in [3.63, 3.8) is 0 Å². The van der Waals surface area contributed by atoms with Crippen molar-refractivity contribution in [2.75, 3.05) is 53.6 Å². The van der Waals surface area contributed by atoms with Crippen LogP contribution in [0.5, 0.6) is 5.75 Å². The van der Waals surface area contributed by atoms with Crippen molar-refractivity contribution >= 4 is 59.5 Å². The molecule has 0 radical (unpaired) electrons. The number of carbonyl (C=O) groups excluding carboxylic acids is 5. The molecule has 0 bridgehead atoms. The summed E-state index contributed by atoms with van der Waals surface area (Å²) in [5.41, 5.74) is 2.64. The molecule has 1 aromatic rings. The number of nitrogens with zero attached hydrogens (tertiary/aromatic N) is 1. The van der Waals surface area contributed by atoms with E-state index in [0.29, 0.717) is 0 Å². The van der Waals surface area contributed by atoms with Crippen LogP contribution in [0.3, 0.4) is 0 Å². The lowest BCUT2D eigenvalue weighted by atomic mass is 10.2. The van der Waals surface area contributed by atoms with Crippen LogP contribution in [0.25, 0.3) is 0 Å². The van der Waals surface area contributed by atoms with Crippen LogP contribution >= 0.6 is 24.0 Å². The molecule has 3 atom stereocenters. The lowest BCUT2D eigenvalue weighted by Gasteiger charge is -2.20. The second kappa shape index (κ2) is 30.9. The molecule has 0 saturated heterocycles. The summed E-state index contributed by atoms with van der Waals surface area (Å²) in [6.45, 7) is 8.31. The van der Waals surface area contributed by atoms with Gasteiger partial charge in [-0.1, -0.05) is 0 Å². The average molecular weight is 832 g/mol. The van der Waals surface area contributed by atoms with Gasteiger partial charge in [-0.3, -0.25) is 10.1 Å². The number of alkyl carbamates (subject to hydrolysis) is 4. The van der Waals surface area contributed by atoms with Gasteiger partial charge in [0.15, 0.2) is 6.17 Å². The van der Waals surface area contributed by atoms with Gasteiger partial charge in [0.1, 0.15) is 42.5 Å². The number of alkyl halides is 3. The zero-order valence-electron chi connectivity index (χ0n) is 31.1. The van der Waals surface area contributed by atoms with E-state index in [1.54, 1.807) is 41.5 Å². The lowest BCUT2D eigenvalue weighted by Crippen LogP contribution is -2.37. The summed E-state index contributed by atoms with van der Waals surface area (Å²) in [6, 6.07) is 5.02. The van der Waals surface area contributed by atoms with E-state index in [2.05, 4.69) is 35.5 Å². The van der Waals surface area contributed by atoms with Gasteiger partial charge >= 0.3 is 29.8 Å². The van der Waals surface area contributed by atoms with E-state index in [4.69, 9.17) is 31.9 Å². The number of nitrogens with one attached hydrogen (secondary N) is 4. The highest BCUT2D eigenvalue weighted by atomic mass is 35.5. The zero-order valence-corrected chi connectivity index (χ0v) is 32.6. The fourth-order valence-corrected chi connectivity index (χ4v) is 2.50. The zero-order chi connectivity index (χ0) is 41.8. The lowest BCUT2D eigenvalue weighted by molar-refractivity contribution is -0.384. The first-order valence-corrected chi connectivity index (χ1v) is 15.7. The molecule has 1 aromatic carbocycles. The Hall–Kier alpha value is -4.54. The van der Waals surface area contributed by atoms with E-state index in [0.717, 1.165) is 0 Å². The van der Waals surface area contributed by atoms with Crippen molar-refractivity contribution < 1.29 is 70.9 Å². The maximum Gasteiger partial charge on any atom is 0.409 e.